The fourth-order valence-electron chi connectivity index (χ4n) is 3.05. The van der Waals surface area contributed by atoms with Crippen LogP contribution in [0.25, 0.3) is 0 Å². The van der Waals surface area contributed by atoms with E-state index in [0.29, 0.717) is 18.4 Å². The van der Waals surface area contributed by atoms with Gasteiger partial charge in [0.25, 0.3) is 0 Å². The summed E-state index contributed by atoms with van der Waals surface area (Å²) in [7, 11) is 0. The van der Waals surface area contributed by atoms with E-state index in [4.69, 9.17) is 9.72 Å². The van der Waals surface area contributed by atoms with Gasteiger partial charge in [-0.2, -0.15) is 0 Å². The third-order valence-electron chi connectivity index (χ3n) is 5.06. The Hall–Kier alpha value is -2.10. The number of nitrogens with zero attached hydrogens (tertiary/aromatic N) is 3. The van der Waals surface area contributed by atoms with Crippen molar-refractivity contribution in [1.29, 1.82) is 0 Å². The van der Waals surface area contributed by atoms with Crippen LogP contribution < -0.4 is 9.64 Å². The van der Waals surface area contributed by atoms with Crippen molar-refractivity contribution in [3.8, 4) is 5.88 Å². The van der Waals surface area contributed by atoms with Crippen LogP contribution in [0.3, 0.4) is 0 Å². The van der Waals surface area contributed by atoms with Gasteiger partial charge in [-0.05, 0) is 62.6 Å². The molecule has 0 aliphatic carbocycles. The molecule has 27 heavy (non-hydrogen) atoms. The predicted molar refractivity (Wildman–Crippen MR) is 114 cm³/mol. The number of hydrogen-bond donors (Lipinski definition) is 0. The molecule has 0 fully saturated rings. The molecule has 2 aromatic rings. The van der Waals surface area contributed by atoms with Gasteiger partial charge in [-0.25, -0.2) is 9.97 Å². The third kappa shape index (κ3) is 6.85. The number of hydrogen-bond acceptors (Lipinski definition) is 4. The first-order chi connectivity index (χ1) is 13.0. The van der Waals surface area contributed by atoms with E-state index >= 15 is 0 Å². The first kappa shape index (κ1) is 21.2. The van der Waals surface area contributed by atoms with Gasteiger partial charge in [0.15, 0.2) is 0 Å². The van der Waals surface area contributed by atoms with Crippen LogP contribution in [0, 0.1) is 5.92 Å². The zero-order valence-corrected chi connectivity index (χ0v) is 17.6. The van der Waals surface area contributed by atoms with Crippen molar-refractivity contribution in [3.05, 3.63) is 47.8 Å². The lowest BCUT2D eigenvalue weighted by Gasteiger charge is -2.20. The van der Waals surface area contributed by atoms with Gasteiger partial charge in [0.2, 0.25) is 5.88 Å². The van der Waals surface area contributed by atoms with Gasteiger partial charge in [-0.3, -0.25) is 0 Å². The number of anilines is 1. The first-order valence-electron chi connectivity index (χ1n) is 10.3. The number of aryl methyl sites for hydroxylation is 1. The minimum absolute atomic E-state index is 0.500. The lowest BCUT2D eigenvalue weighted by atomic mass is 10.0. The molecular formula is C23H35N3O. The van der Waals surface area contributed by atoms with Crippen LogP contribution in [0.4, 0.5) is 5.82 Å². The Kier molecular flexibility index (Phi) is 8.56. The molecule has 4 nitrogen and oxygen atoms in total. The van der Waals surface area contributed by atoms with E-state index in [1.165, 1.54) is 11.3 Å². The monoisotopic (exact) mass is 369 g/mol. The summed E-state index contributed by atoms with van der Waals surface area (Å²) >= 11 is 0. The molecule has 0 spiro atoms. The van der Waals surface area contributed by atoms with E-state index in [1.54, 1.807) is 0 Å². The highest BCUT2D eigenvalue weighted by atomic mass is 16.5. The molecule has 0 amide bonds. The van der Waals surface area contributed by atoms with Crippen molar-refractivity contribution in [2.75, 3.05) is 24.6 Å². The van der Waals surface area contributed by atoms with Gasteiger partial charge < -0.3 is 9.64 Å². The summed E-state index contributed by atoms with van der Waals surface area (Å²) in [4.78, 5) is 11.5. The molecule has 0 aliphatic rings. The average molecular weight is 370 g/mol. The summed E-state index contributed by atoms with van der Waals surface area (Å²) in [5.41, 5.74) is 2.42. The van der Waals surface area contributed by atoms with E-state index < -0.39 is 0 Å². The van der Waals surface area contributed by atoms with Crippen LogP contribution >= 0.6 is 0 Å². The minimum Gasteiger partial charge on any atom is -0.478 e. The van der Waals surface area contributed by atoms with Crippen molar-refractivity contribution in [2.24, 2.45) is 5.92 Å². The molecule has 0 bridgehead atoms. The summed E-state index contributed by atoms with van der Waals surface area (Å²) in [6.45, 7) is 13.7. The van der Waals surface area contributed by atoms with Crippen molar-refractivity contribution in [1.82, 2.24) is 9.97 Å². The largest absolute Gasteiger partial charge is 0.478 e. The van der Waals surface area contributed by atoms with E-state index in [9.17, 15) is 0 Å². The fourth-order valence-corrected chi connectivity index (χ4v) is 3.05. The van der Waals surface area contributed by atoms with Crippen LogP contribution in [-0.4, -0.2) is 29.7 Å². The molecule has 0 aliphatic heterocycles. The Labute approximate surface area is 165 Å². The maximum absolute atomic E-state index is 5.81. The molecule has 1 unspecified atom stereocenters. The smallest absolute Gasteiger partial charge is 0.213 e. The van der Waals surface area contributed by atoms with Crippen molar-refractivity contribution in [3.63, 3.8) is 0 Å². The Balaban J connectivity index is 1.74. The molecule has 2 rings (SSSR count). The van der Waals surface area contributed by atoms with Gasteiger partial charge in [-0.1, -0.05) is 32.9 Å². The molecule has 2 heterocycles. The molecule has 0 N–H and O–H groups in total. The van der Waals surface area contributed by atoms with Crippen LogP contribution in [0.5, 0.6) is 5.88 Å². The van der Waals surface area contributed by atoms with Crippen molar-refractivity contribution >= 4 is 5.82 Å². The van der Waals surface area contributed by atoms with Gasteiger partial charge in [0.05, 0.1) is 6.61 Å². The molecule has 0 saturated heterocycles. The van der Waals surface area contributed by atoms with Crippen molar-refractivity contribution < 1.29 is 4.74 Å². The molecule has 4 heteroatoms. The summed E-state index contributed by atoms with van der Waals surface area (Å²) in [6.07, 6.45) is 5.08. The lowest BCUT2D eigenvalue weighted by molar-refractivity contribution is 0.270. The number of aromatic nitrogens is 2. The standard InChI is InChI=1S/C23H35N3O/c1-6-26(7-2)22-10-8-9-21(25-22)13-11-19(5)15-16-27-23-14-12-20(17-24-23)18(3)4/h8-10,12,14,17-19H,6-7,11,13,15-16H2,1-5H3. The Morgan fingerprint density at radius 1 is 1.00 bits per heavy atom. The van der Waals surface area contributed by atoms with E-state index in [0.717, 1.165) is 44.0 Å². The summed E-state index contributed by atoms with van der Waals surface area (Å²) in [5.74, 6) is 2.91. The SMILES string of the molecule is CCN(CC)c1cccc(CCC(C)CCOc2ccc(C(C)C)cn2)n1. The second kappa shape index (κ2) is 10.9. The highest BCUT2D eigenvalue weighted by Gasteiger charge is 2.08. The summed E-state index contributed by atoms with van der Waals surface area (Å²) < 4.78 is 5.81. The first-order valence-corrected chi connectivity index (χ1v) is 10.3. The molecule has 1 atom stereocenters. The van der Waals surface area contributed by atoms with Gasteiger partial charge in [0.1, 0.15) is 5.82 Å². The number of ether oxygens (including phenoxy) is 1. The van der Waals surface area contributed by atoms with Crippen LogP contribution in [-0.2, 0) is 6.42 Å². The van der Waals surface area contributed by atoms with E-state index in [-0.39, 0.29) is 0 Å². The quantitative estimate of drug-likeness (QED) is 0.525. The number of pyridine rings is 2. The molecule has 2 aromatic heterocycles. The van der Waals surface area contributed by atoms with E-state index in [1.807, 2.05) is 12.3 Å². The minimum atomic E-state index is 0.500. The van der Waals surface area contributed by atoms with Crippen LogP contribution in [0.1, 0.15) is 64.6 Å². The Bertz CT molecular complexity index is 666. The summed E-state index contributed by atoms with van der Waals surface area (Å²) in [5, 5.41) is 0. The second-order valence-corrected chi connectivity index (χ2v) is 7.52. The lowest BCUT2D eigenvalue weighted by Crippen LogP contribution is -2.23. The molecular weight excluding hydrogens is 334 g/mol. The fraction of sp³-hybridized carbons (Fsp3) is 0.565. The van der Waals surface area contributed by atoms with Crippen LogP contribution in [0.2, 0.25) is 0 Å². The van der Waals surface area contributed by atoms with E-state index in [2.05, 4.69) is 68.8 Å². The normalized spacial score (nSPS) is 12.2. The zero-order chi connectivity index (χ0) is 19.6. The molecule has 148 valence electrons. The Morgan fingerprint density at radius 3 is 2.41 bits per heavy atom. The Morgan fingerprint density at radius 2 is 1.78 bits per heavy atom. The third-order valence-corrected chi connectivity index (χ3v) is 5.06. The van der Waals surface area contributed by atoms with Gasteiger partial charge in [-0.15, -0.1) is 0 Å². The molecule has 0 radical (unpaired) electrons. The van der Waals surface area contributed by atoms with Gasteiger partial charge >= 0.3 is 0 Å². The zero-order valence-electron chi connectivity index (χ0n) is 17.6. The maximum atomic E-state index is 5.81. The molecule has 0 saturated carbocycles. The highest BCUT2D eigenvalue weighted by molar-refractivity contribution is 5.38. The topological polar surface area (TPSA) is 38.2 Å². The van der Waals surface area contributed by atoms with Crippen molar-refractivity contribution in [2.45, 2.75) is 59.8 Å². The average Bonchev–Trinajstić information content (AvgIpc) is 2.68. The second-order valence-electron chi connectivity index (χ2n) is 7.52. The number of rotatable bonds is 11. The van der Waals surface area contributed by atoms with Crippen LogP contribution in [0.15, 0.2) is 36.5 Å². The highest BCUT2D eigenvalue weighted by Crippen LogP contribution is 2.18. The molecule has 0 aromatic carbocycles. The summed E-state index contributed by atoms with van der Waals surface area (Å²) in [6, 6.07) is 10.4. The maximum Gasteiger partial charge on any atom is 0.213 e. The predicted octanol–water partition coefficient (Wildman–Crippen LogP) is 5.48. The van der Waals surface area contributed by atoms with Gasteiger partial charge in [0, 0.05) is 31.0 Å².